The fourth-order valence-corrected chi connectivity index (χ4v) is 3.48. The van der Waals surface area contributed by atoms with E-state index in [1.54, 1.807) is 0 Å². The zero-order chi connectivity index (χ0) is 13.3. The first kappa shape index (κ1) is 12.5. The van der Waals surface area contributed by atoms with E-state index >= 15 is 0 Å². The highest BCUT2D eigenvalue weighted by molar-refractivity contribution is 5.37. The summed E-state index contributed by atoms with van der Waals surface area (Å²) in [5.41, 5.74) is 1.16. The third-order valence-corrected chi connectivity index (χ3v) is 4.80. The Bertz CT molecular complexity index is 469. The number of para-hydroxylation sites is 1. The Morgan fingerprint density at radius 2 is 2.05 bits per heavy atom. The molecule has 1 aliphatic carbocycles. The molecule has 19 heavy (non-hydrogen) atoms. The molecule has 1 saturated carbocycles. The Balaban J connectivity index is 1.68. The van der Waals surface area contributed by atoms with Crippen LogP contribution in [0, 0.1) is 22.7 Å². The van der Waals surface area contributed by atoms with E-state index in [0.29, 0.717) is 0 Å². The van der Waals surface area contributed by atoms with Crippen LogP contribution in [-0.2, 0) is 6.42 Å². The molecular weight excluding hydrogens is 234 g/mol. The molecule has 0 saturated heterocycles. The second kappa shape index (κ2) is 4.89. The fraction of sp³-hybridized carbons (Fsp3) is 0.588. The number of ether oxygens (including phenoxy) is 1. The Morgan fingerprint density at radius 3 is 2.74 bits per heavy atom. The first-order valence-electron chi connectivity index (χ1n) is 7.37. The molecule has 0 bridgehead atoms. The minimum absolute atomic E-state index is 0.140. The molecule has 2 heteroatoms. The van der Waals surface area contributed by atoms with E-state index in [1.807, 2.05) is 12.1 Å². The van der Waals surface area contributed by atoms with Crippen LogP contribution < -0.4 is 4.74 Å². The van der Waals surface area contributed by atoms with Gasteiger partial charge in [0.15, 0.2) is 0 Å². The molecule has 3 rings (SSSR count). The van der Waals surface area contributed by atoms with Crippen LogP contribution in [0.4, 0.5) is 0 Å². The molecule has 1 aromatic rings. The van der Waals surface area contributed by atoms with Gasteiger partial charge in [0.05, 0.1) is 11.5 Å². The highest BCUT2D eigenvalue weighted by atomic mass is 16.5. The Kier molecular flexibility index (Phi) is 3.22. The van der Waals surface area contributed by atoms with Crippen LogP contribution in [0.3, 0.4) is 0 Å². The van der Waals surface area contributed by atoms with Crippen LogP contribution in [0.25, 0.3) is 0 Å². The lowest BCUT2D eigenvalue weighted by atomic mass is 9.69. The van der Waals surface area contributed by atoms with Gasteiger partial charge >= 0.3 is 0 Å². The van der Waals surface area contributed by atoms with Crippen molar-refractivity contribution in [3.63, 3.8) is 0 Å². The van der Waals surface area contributed by atoms with Crippen molar-refractivity contribution >= 4 is 0 Å². The second-order valence-corrected chi connectivity index (χ2v) is 6.33. The van der Waals surface area contributed by atoms with Gasteiger partial charge in [-0.15, -0.1) is 0 Å². The van der Waals surface area contributed by atoms with Crippen LogP contribution in [0.5, 0.6) is 5.75 Å². The zero-order valence-corrected chi connectivity index (χ0v) is 11.6. The van der Waals surface area contributed by atoms with Crippen molar-refractivity contribution in [2.75, 3.05) is 0 Å². The number of fused-ring (bicyclic) bond motifs is 1. The normalized spacial score (nSPS) is 33.3. The molecule has 2 nitrogen and oxygen atoms in total. The van der Waals surface area contributed by atoms with E-state index in [1.165, 1.54) is 18.4 Å². The van der Waals surface area contributed by atoms with E-state index in [9.17, 15) is 5.26 Å². The number of hydrogen-bond donors (Lipinski definition) is 0. The Labute approximate surface area is 115 Å². The summed E-state index contributed by atoms with van der Waals surface area (Å²) in [7, 11) is 0. The van der Waals surface area contributed by atoms with E-state index in [2.05, 4.69) is 25.1 Å². The predicted octanol–water partition coefficient (Wildman–Crippen LogP) is 4.10. The summed E-state index contributed by atoms with van der Waals surface area (Å²) in [6, 6.07) is 10.9. The van der Waals surface area contributed by atoms with Crippen LogP contribution in [0.1, 0.15) is 44.6 Å². The number of hydrogen-bond acceptors (Lipinski definition) is 2. The summed E-state index contributed by atoms with van der Waals surface area (Å²) in [5.74, 6) is 1.80. The summed E-state index contributed by atoms with van der Waals surface area (Å²) in [4.78, 5) is 0. The minimum Gasteiger partial charge on any atom is -0.490 e. The van der Waals surface area contributed by atoms with Crippen molar-refractivity contribution < 1.29 is 4.74 Å². The molecule has 100 valence electrons. The van der Waals surface area contributed by atoms with E-state index in [0.717, 1.165) is 37.4 Å². The summed E-state index contributed by atoms with van der Waals surface area (Å²) < 4.78 is 6.01. The van der Waals surface area contributed by atoms with Gasteiger partial charge in [-0.05, 0) is 43.2 Å². The number of rotatable bonds is 2. The van der Waals surface area contributed by atoms with E-state index in [-0.39, 0.29) is 11.5 Å². The van der Waals surface area contributed by atoms with Crippen LogP contribution >= 0.6 is 0 Å². The maximum Gasteiger partial charge on any atom is 0.123 e. The highest BCUT2D eigenvalue weighted by Gasteiger charge is 2.38. The maximum absolute atomic E-state index is 9.60. The summed E-state index contributed by atoms with van der Waals surface area (Å²) in [6.07, 6.45) is 6.52. The summed E-state index contributed by atoms with van der Waals surface area (Å²) in [6.45, 7) is 2.29. The average Bonchev–Trinajstić information content (AvgIpc) is 2.83. The smallest absolute Gasteiger partial charge is 0.123 e. The van der Waals surface area contributed by atoms with Gasteiger partial charge in [0, 0.05) is 12.8 Å². The van der Waals surface area contributed by atoms with Crippen LogP contribution in [0.15, 0.2) is 24.3 Å². The van der Waals surface area contributed by atoms with Gasteiger partial charge in [-0.2, -0.15) is 5.26 Å². The quantitative estimate of drug-likeness (QED) is 0.797. The molecule has 2 aliphatic rings. The third-order valence-electron chi connectivity index (χ3n) is 4.80. The highest BCUT2D eigenvalue weighted by Crippen LogP contribution is 2.44. The Morgan fingerprint density at radius 1 is 1.32 bits per heavy atom. The van der Waals surface area contributed by atoms with Crippen molar-refractivity contribution in [3.05, 3.63) is 29.8 Å². The lowest BCUT2D eigenvalue weighted by molar-refractivity contribution is 0.124. The molecule has 1 aromatic carbocycles. The van der Waals surface area contributed by atoms with E-state index in [4.69, 9.17) is 4.74 Å². The first-order chi connectivity index (χ1) is 9.21. The predicted molar refractivity (Wildman–Crippen MR) is 74.9 cm³/mol. The largest absolute Gasteiger partial charge is 0.490 e. The number of nitrogens with zero attached hydrogens (tertiary/aromatic N) is 1. The lowest BCUT2D eigenvalue weighted by Gasteiger charge is -2.35. The van der Waals surface area contributed by atoms with Crippen molar-refractivity contribution in [3.8, 4) is 11.8 Å². The van der Waals surface area contributed by atoms with Gasteiger partial charge in [-0.1, -0.05) is 25.1 Å². The van der Waals surface area contributed by atoms with Crippen molar-refractivity contribution in [2.24, 2.45) is 11.3 Å². The summed E-state index contributed by atoms with van der Waals surface area (Å²) >= 11 is 0. The standard InChI is InChI=1S/C17H21NO/c1-13-6-8-17(12-18,9-7-13)11-15-10-14-4-2-3-5-16(14)19-15/h2-5,13,15H,6-11H2,1H3. The topological polar surface area (TPSA) is 33.0 Å². The molecule has 0 aromatic heterocycles. The van der Waals surface area contributed by atoms with Gasteiger partial charge in [-0.25, -0.2) is 0 Å². The second-order valence-electron chi connectivity index (χ2n) is 6.33. The lowest BCUT2D eigenvalue weighted by Crippen LogP contribution is -2.31. The molecule has 1 fully saturated rings. The van der Waals surface area contributed by atoms with Gasteiger partial charge < -0.3 is 4.74 Å². The molecule has 0 N–H and O–H groups in total. The molecular formula is C17H21NO. The SMILES string of the molecule is CC1CCC(C#N)(CC2Cc3ccccc3O2)CC1. The third kappa shape index (κ3) is 2.47. The molecule has 1 aliphatic heterocycles. The molecule has 1 atom stereocenters. The molecule has 1 unspecified atom stereocenters. The maximum atomic E-state index is 9.60. The fourth-order valence-electron chi connectivity index (χ4n) is 3.48. The molecule has 0 amide bonds. The van der Waals surface area contributed by atoms with E-state index < -0.39 is 0 Å². The first-order valence-corrected chi connectivity index (χ1v) is 7.37. The van der Waals surface area contributed by atoms with Gasteiger partial charge in [-0.3, -0.25) is 0 Å². The Hall–Kier alpha value is -1.49. The van der Waals surface area contributed by atoms with Crippen molar-refractivity contribution in [1.82, 2.24) is 0 Å². The van der Waals surface area contributed by atoms with Crippen molar-refractivity contribution in [2.45, 2.75) is 51.6 Å². The zero-order valence-electron chi connectivity index (χ0n) is 11.6. The molecule has 0 spiro atoms. The average molecular weight is 255 g/mol. The number of benzene rings is 1. The van der Waals surface area contributed by atoms with Crippen LogP contribution in [0.2, 0.25) is 0 Å². The minimum atomic E-state index is -0.140. The monoisotopic (exact) mass is 255 g/mol. The molecule has 0 radical (unpaired) electrons. The number of nitriles is 1. The van der Waals surface area contributed by atoms with Gasteiger partial charge in [0.1, 0.15) is 11.9 Å². The summed E-state index contributed by atoms with van der Waals surface area (Å²) in [5, 5.41) is 9.60. The van der Waals surface area contributed by atoms with Crippen molar-refractivity contribution in [1.29, 1.82) is 5.26 Å². The molecule has 1 heterocycles. The van der Waals surface area contributed by atoms with Gasteiger partial charge in [0.2, 0.25) is 0 Å². The van der Waals surface area contributed by atoms with Gasteiger partial charge in [0.25, 0.3) is 0 Å². The van der Waals surface area contributed by atoms with Crippen LogP contribution in [-0.4, -0.2) is 6.10 Å².